The van der Waals surface area contributed by atoms with Crippen molar-refractivity contribution in [3.63, 3.8) is 0 Å². The van der Waals surface area contributed by atoms with Crippen molar-refractivity contribution >= 4 is 51.0 Å². The number of aromatic amines is 1. The number of rotatable bonds is 5. The monoisotopic (exact) mass is 482 g/mol. The summed E-state index contributed by atoms with van der Waals surface area (Å²) in [6.45, 7) is 1.97. The van der Waals surface area contributed by atoms with Crippen molar-refractivity contribution in [3.05, 3.63) is 87.0 Å². The van der Waals surface area contributed by atoms with Gasteiger partial charge in [-0.3, -0.25) is 9.36 Å². The molecule has 166 valence electrons. The van der Waals surface area contributed by atoms with Gasteiger partial charge in [-0.25, -0.2) is 19.3 Å². The highest BCUT2D eigenvalue weighted by Crippen LogP contribution is 2.30. The van der Waals surface area contributed by atoms with E-state index in [9.17, 15) is 9.18 Å². The van der Waals surface area contributed by atoms with Crippen LogP contribution in [0.2, 0.25) is 10.0 Å². The summed E-state index contributed by atoms with van der Waals surface area (Å²) >= 11 is 12.5. The van der Waals surface area contributed by atoms with E-state index in [4.69, 9.17) is 23.2 Å². The summed E-state index contributed by atoms with van der Waals surface area (Å²) in [5.74, 6) is -0.0865. The number of imidazole rings is 1. The van der Waals surface area contributed by atoms with Gasteiger partial charge in [-0.2, -0.15) is 0 Å². The first-order chi connectivity index (χ1) is 16.0. The number of hydrogen-bond donors (Lipinski definition) is 2. The average Bonchev–Trinajstić information content (AvgIpc) is 3.26. The van der Waals surface area contributed by atoms with Gasteiger partial charge in [0.05, 0.1) is 23.4 Å². The lowest BCUT2D eigenvalue weighted by molar-refractivity contribution is 0.635. The van der Waals surface area contributed by atoms with E-state index in [-0.39, 0.29) is 11.4 Å². The van der Waals surface area contributed by atoms with Crippen LogP contribution in [0.25, 0.3) is 27.6 Å². The molecule has 5 aromatic rings. The molecule has 0 amide bonds. The number of anilines is 1. The lowest BCUT2D eigenvalue weighted by Crippen LogP contribution is -2.27. The van der Waals surface area contributed by atoms with E-state index >= 15 is 0 Å². The Labute approximate surface area is 197 Å². The van der Waals surface area contributed by atoms with Gasteiger partial charge in [-0.1, -0.05) is 42.3 Å². The first-order valence-corrected chi connectivity index (χ1v) is 10.9. The molecule has 0 fully saturated rings. The zero-order chi connectivity index (χ0) is 23.1. The zero-order valence-corrected chi connectivity index (χ0v) is 18.8. The van der Waals surface area contributed by atoms with Gasteiger partial charge in [0.1, 0.15) is 17.7 Å². The lowest BCUT2D eigenvalue weighted by Gasteiger charge is -2.23. The first-order valence-electron chi connectivity index (χ1n) is 10.2. The molecular formula is C23H17Cl2FN6O. The molecule has 2 N–H and O–H groups in total. The molecule has 5 rings (SSSR count). The summed E-state index contributed by atoms with van der Waals surface area (Å²) in [6.07, 6.45) is 3.55. The normalized spacial score (nSPS) is 12.4. The topological polar surface area (TPSA) is 88.5 Å². The summed E-state index contributed by atoms with van der Waals surface area (Å²) in [6, 6.07) is 10.8. The Morgan fingerprint density at radius 3 is 2.67 bits per heavy atom. The molecule has 1 atom stereocenters. The number of nitrogens with zero attached hydrogens (tertiary/aromatic N) is 4. The molecule has 10 heteroatoms. The predicted molar refractivity (Wildman–Crippen MR) is 128 cm³/mol. The highest BCUT2D eigenvalue weighted by Gasteiger charge is 2.22. The minimum absolute atomic E-state index is 0.0103. The van der Waals surface area contributed by atoms with Crippen molar-refractivity contribution in [2.24, 2.45) is 0 Å². The number of halogens is 3. The summed E-state index contributed by atoms with van der Waals surface area (Å²) in [7, 11) is 0. The van der Waals surface area contributed by atoms with Crippen LogP contribution in [0.4, 0.5) is 10.2 Å². The molecule has 1 unspecified atom stereocenters. The van der Waals surface area contributed by atoms with E-state index in [1.165, 1.54) is 23.3 Å². The van der Waals surface area contributed by atoms with Gasteiger partial charge < -0.3 is 10.3 Å². The Morgan fingerprint density at radius 2 is 1.91 bits per heavy atom. The molecule has 0 saturated heterocycles. The number of H-pyrrole nitrogens is 1. The SMILES string of the molecule is CCC(Nc1ncnc2[nH]cnc12)c1cc2cccc(F)c2c(=O)n1-c1cc(Cl)cc(Cl)c1. The molecule has 0 aliphatic heterocycles. The van der Waals surface area contributed by atoms with Crippen molar-refractivity contribution in [2.75, 3.05) is 5.32 Å². The van der Waals surface area contributed by atoms with Gasteiger partial charge in [0.15, 0.2) is 11.5 Å². The summed E-state index contributed by atoms with van der Waals surface area (Å²) in [5.41, 5.74) is 1.68. The predicted octanol–water partition coefficient (Wildman–Crippen LogP) is 5.67. The molecule has 0 saturated carbocycles. The molecule has 0 bridgehead atoms. The van der Waals surface area contributed by atoms with E-state index in [0.717, 1.165) is 0 Å². The summed E-state index contributed by atoms with van der Waals surface area (Å²) in [5, 5.41) is 4.57. The fourth-order valence-corrected chi connectivity index (χ4v) is 4.47. The fourth-order valence-electron chi connectivity index (χ4n) is 3.95. The number of pyridine rings is 1. The first kappa shape index (κ1) is 21.4. The Balaban J connectivity index is 1.76. The molecule has 3 aromatic heterocycles. The minimum atomic E-state index is -0.596. The highest BCUT2D eigenvalue weighted by atomic mass is 35.5. The number of aromatic nitrogens is 5. The second-order valence-electron chi connectivity index (χ2n) is 7.47. The lowest BCUT2D eigenvalue weighted by atomic mass is 10.0. The molecular weight excluding hydrogens is 466 g/mol. The third-order valence-corrected chi connectivity index (χ3v) is 5.86. The maximum Gasteiger partial charge on any atom is 0.266 e. The number of fused-ring (bicyclic) bond motifs is 2. The smallest absolute Gasteiger partial charge is 0.266 e. The van der Waals surface area contributed by atoms with Gasteiger partial charge in [0.25, 0.3) is 5.56 Å². The summed E-state index contributed by atoms with van der Waals surface area (Å²) in [4.78, 5) is 29.3. The number of nitrogens with one attached hydrogen (secondary N) is 2. The quantitative estimate of drug-likeness (QED) is 0.337. The molecule has 0 aliphatic carbocycles. The van der Waals surface area contributed by atoms with E-state index in [1.54, 1.807) is 36.4 Å². The van der Waals surface area contributed by atoms with Crippen molar-refractivity contribution < 1.29 is 4.39 Å². The molecule has 33 heavy (non-hydrogen) atoms. The van der Waals surface area contributed by atoms with Crippen molar-refractivity contribution in [1.82, 2.24) is 24.5 Å². The second kappa shape index (κ2) is 8.46. The van der Waals surface area contributed by atoms with Gasteiger partial charge in [0.2, 0.25) is 0 Å². The Morgan fingerprint density at radius 1 is 1.12 bits per heavy atom. The Bertz CT molecular complexity index is 1540. The number of benzene rings is 2. The molecule has 0 spiro atoms. The van der Waals surface area contributed by atoms with E-state index in [0.29, 0.717) is 50.2 Å². The highest BCUT2D eigenvalue weighted by molar-refractivity contribution is 6.34. The third-order valence-electron chi connectivity index (χ3n) is 5.42. The molecule has 7 nitrogen and oxygen atoms in total. The third kappa shape index (κ3) is 3.81. The zero-order valence-electron chi connectivity index (χ0n) is 17.3. The van der Waals surface area contributed by atoms with Gasteiger partial charge in [0, 0.05) is 15.7 Å². The minimum Gasteiger partial charge on any atom is -0.360 e. The van der Waals surface area contributed by atoms with E-state index in [2.05, 4.69) is 25.3 Å². The molecule has 0 radical (unpaired) electrons. The van der Waals surface area contributed by atoms with Crippen molar-refractivity contribution in [3.8, 4) is 5.69 Å². The van der Waals surface area contributed by atoms with Gasteiger partial charge in [-0.15, -0.1) is 0 Å². The standard InChI is InChI=1S/C23H17Cl2FN6O/c1-2-17(31-22-20-21(28-10-27-20)29-11-30-22)18-6-12-4-3-5-16(26)19(12)23(33)32(18)15-8-13(24)7-14(25)9-15/h3-11,17H,2H2,1H3,(H2,27,28,29,30,31). The largest absolute Gasteiger partial charge is 0.360 e. The van der Waals surface area contributed by atoms with Crippen molar-refractivity contribution in [2.45, 2.75) is 19.4 Å². The second-order valence-corrected chi connectivity index (χ2v) is 8.34. The maximum absolute atomic E-state index is 14.7. The van der Waals surface area contributed by atoms with Crippen LogP contribution < -0.4 is 10.9 Å². The van der Waals surface area contributed by atoms with Crippen LogP contribution >= 0.6 is 23.2 Å². The van der Waals surface area contributed by atoms with E-state index in [1.807, 2.05) is 6.92 Å². The van der Waals surface area contributed by atoms with E-state index < -0.39 is 11.4 Å². The average molecular weight is 483 g/mol. The van der Waals surface area contributed by atoms with Crippen LogP contribution in [0.15, 0.2) is 59.9 Å². The van der Waals surface area contributed by atoms with Crippen molar-refractivity contribution in [1.29, 1.82) is 0 Å². The van der Waals surface area contributed by atoms with Crippen LogP contribution in [-0.2, 0) is 0 Å². The van der Waals surface area contributed by atoms with Crippen LogP contribution in [0.1, 0.15) is 25.1 Å². The Kier molecular flexibility index (Phi) is 5.47. The molecule has 0 aliphatic rings. The van der Waals surface area contributed by atoms with Crippen LogP contribution in [0.3, 0.4) is 0 Å². The molecule has 2 aromatic carbocycles. The fraction of sp³-hybridized carbons (Fsp3) is 0.130. The number of hydrogen-bond acceptors (Lipinski definition) is 5. The van der Waals surface area contributed by atoms with Crippen LogP contribution in [0, 0.1) is 5.82 Å². The van der Waals surface area contributed by atoms with Crippen LogP contribution in [0.5, 0.6) is 0 Å². The molecule has 3 heterocycles. The van der Waals surface area contributed by atoms with Crippen LogP contribution in [-0.4, -0.2) is 24.5 Å². The van der Waals surface area contributed by atoms with Gasteiger partial charge in [-0.05, 0) is 42.1 Å². The maximum atomic E-state index is 14.7. The Hall–Kier alpha value is -3.49. The van der Waals surface area contributed by atoms with Gasteiger partial charge >= 0.3 is 0 Å². The summed E-state index contributed by atoms with van der Waals surface area (Å²) < 4.78 is 16.1.